The van der Waals surface area contributed by atoms with Gasteiger partial charge >= 0.3 is 0 Å². The van der Waals surface area contributed by atoms with Gasteiger partial charge in [0.2, 0.25) is 0 Å². The molecule has 12 heavy (non-hydrogen) atoms. The van der Waals surface area contributed by atoms with Crippen LogP contribution in [-0.2, 0) is 0 Å². The van der Waals surface area contributed by atoms with E-state index >= 15 is 0 Å². The molecule has 0 aromatic heterocycles. The summed E-state index contributed by atoms with van der Waals surface area (Å²) in [5.74, 6) is 1.69. The van der Waals surface area contributed by atoms with Crippen molar-refractivity contribution in [3.8, 4) is 0 Å². The van der Waals surface area contributed by atoms with Gasteiger partial charge in [-0.2, -0.15) is 0 Å². The van der Waals surface area contributed by atoms with Gasteiger partial charge < -0.3 is 5.73 Å². The van der Waals surface area contributed by atoms with Crippen LogP contribution in [-0.4, -0.2) is 6.04 Å². The van der Waals surface area contributed by atoms with E-state index in [9.17, 15) is 0 Å². The van der Waals surface area contributed by atoms with Crippen LogP contribution >= 0.6 is 12.4 Å². The lowest BCUT2D eigenvalue weighted by molar-refractivity contribution is 0.332. The molecule has 0 aliphatic rings. The minimum Gasteiger partial charge on any atom is -0.328 e. The van der Waals surface area contributed by atoms with Crippen LogP contribution in [0.2, 0.25) is 0 Å². The molecule has 0 spiro atoms. The molecule has 0 aromatic carbocycles. The van der Waals surface area contributed by atoms with E-state index in [0.29, 0.717) is 6.04 Å². The fraction of sp³-hybridized carbons (Fsp3) is 1.00. The van der Waals surface area contributed by atoms with Gasteiger partial charge in [-0.3, -0.25) is 0 Å². The molecule has 0 aliphatic carbocycles. The normalized spacial score (nSPS) is 15.5. The first-order valence-electron chi connectivity index (χ1n) is 4.83. The number of hydrogen-bond acceptors (Lipinski definition) is 1. The van der Waals surface area contributed by atoms with Crippen LogP contribution in [0.3, 0.4) is 0 Å². The number of rotatable bonds is 5. The van der Waals surface area contributed by atoms with Crippen molar-refractivity contribution in [1.82, 2.24) is 0 Å². The van der Waals surface area contributed by atoms with E-state index in [1.807, 2.05) is 0 Å². The highest BCUT2D eigenvalue weighted by Gasteiger charge is 2.10. The average Bonchev–Trinajstić information content (AvgIpc) is 1.87. The van der Waals surface area contributed by atoms with Crippen LogP contribution in [0.5, 0.6) is 0 Å². The van der Waals surface area contributed by atoms with Crippen LogP contribution in [0.4, 0.5) is 0 Å². The molecule has 0 fully saturated rings. The molecular weight excluding hydrogens is 170 g/mol. The van der Waals surface area contributed by atoms with Crippen LogP contribution in [0.25, 0.3) is 0 Å². The Kier molecular flexibility index (Phi) is 9.69. The van der Waals surface area contributed by atoms with E-state index in [4.69, 9.17) is 5.73 Å². The lowest BCUT2D eigenvalue weighted by Crippen LogP contribution is -2.17. The van der Waals surface area contributed by atoms with Crippen LogP contribution in [0.15, 0.2) is 0 Å². The second-order valence-electron chi connectivity index (χ2n) is 3.97. The molecule has 2 unspecified atom stereocenters. The molecule has 0 aliphatic heterocycles. The molecule has 2 heteroatoms. The molecule has 0 saturated heterocycles. The molecule has 0 bridgehead atoms. The Morgan fingerprint density at radius 1 is 1.08 bits per heavy atom. The van der Waals surface area contributed by atoms with E-state index in [2.05, 4.69) is 27.7 Å². The lowest BCUT2D eigenvalue weighted by atomic mass is 9.88. The van der Waals surface area contributed by atoms with Gasteiger partial charge in [0.05, 0.1) is 0 Å². The minimum absolute atomic E-state index is 0. The molecule has 2 atom stereocenters. The predicted molar refractivity (Wildman–Crippen MR) is 58.8 cm³/mol. The van der Waals surface area contributed by atoms with Gasteiger partial charge in [0.25, 0.3) is 0 Å². The Morgan fingerprint density at radius 3 is 1.83 bits per heavy atom. The molecule has 0 amide bonds. The lowest BCUT2D eigenvalue weighted by Gasteiger charge is -2.19. The van der Waals surface area contributed by atoms with Gasteiger partial charge in [-0.1, -0.05) is 27.2 Å². The fourth-order valence-corrected chi connectivity index (χ4v) is 1.49. The molecule has 0 radical (unpaired) electrons. The standard InChI is InChI=1S/C10H23N.ClH/c1-5-10(8(2)3)7-6-9(4)11;/h8-10H,5-7,11H2,1-4H3;1H. The summed E-state index contributed by atoms with van der Waals surface area (Å²) >= 11 is 0. The Hall–Kier alpha value is 0.250. The SMILES string of the molecule is CCC(CCC(C)N)C(C)C.Cl. The summed E-state index contributed by atoms with van der Waals surface area (Å²) in [4.78, 5) is 0. The highest BCUT2D eigenvalue weighted by molar-refractivity contribution is 5.85. The summed E-state index contributed by atoms with van der Waals surface area (Å²) in [5, 5.41) is 0. The summed E-state index contributed by atoms with van der Waals surface area (Å²) in [6.45, 7) is 8.96. The summed E-state index contributed by atoms with van der Waals surface area (Å²) in [6.07, 6.45) is 3.77. The maximum atomic E-state index is 5.70. The summed E-state index contributed by atoms with van der Waals surface area (Å²) in [7, 11) is 0. The van der Waals surface area contributed by atoms with Crippen molar-refractivity contribution < 1.29 is 0 Å². The Balaban J connectivity index is 0. The Bertz CT molecular complexity index is 91.8. The van der Waals surface area contributed by atoms with E-state index in [1.165, 1.54) is 19.3 Å². The zero-order valence-corrected chi connectivity index (χ0v) is 9.66. The van der Waals surface area contributed by atoms with Crippen molar-refractivity contribution in [2.24, 2.45) is 17.6 Å². The topological polar surface area (TPSA) is 26.0 Å². The minimum atomic E-state index is 0. The second-order valence-corrected chi connectivity index (χ2v) is 3.97. The molecular formula is C10H24ClN. The van der Waals surface area contributed by atoms with Gasteiger partial charge in [-0.25, -0.2) is 0 Å². The van der Waals surface area contributed by atoms with Crippen molar-refractivity contribution in [3.63, 3.8) is 0 Å². The maximum absolute atomic E-state index is 5.70. The summed E-state index contributed by atoms with van der Waals surface area (Å²) in [6, 6.07) is 0.378. The van der Waals surface area contributed by atoms with Crippen LogP contribution < -0.4 is 5.73 Å². The zero-order valence-electron chi connectivity index (χ0n) is 8.84. The maximum Gasteiger partial charge on any atom is 0.00105 e. The molecule has 1 nitrogen and oxygen atoms in total. The first-order valence-corrected chi connectivity index (χ1v) is 4.83. The van der Waals surface area contributed by atoms with E-state index in [1.54, 1.807) is 0 Å². The van der Waals surface area contributed by atoms with Crippen molar-refractivity contribution in [2.45, 2.75) is 53.0 Å². The third kappa shape index (κ3) is 6.93. The summed E-state index contributed by atoms with van der Waals surface area (Å²) in [5.41, 5.74) is 5.70. The monoisotopic (exact) mass is 193 g/mol. The third-order valence-electron chi connectivity index (χ3n) is 2.46. The van der Waals surface area contributed by atoms with Crippen LogP contribution in [0, 0.1) is 11.8 Å². The van der Waals surface area contributed by atoms with Crippen molar-refractivity contribution in [2.75, 3.05) is 0 Å². The van der Waals surface area contributed by atoms with Gasteiger partial charge in [0.15, 0.2) is 0 Å². The van der Waals surface area contributed by atoms with Gasteiger partial charge in [-0.15, -0.1) is 12.4 Å². The van der Waals surface area contributed by atoms with E-state index < -0.39 is 0 Å². The smallest absolute Gasteiger partial charge is 0.00105 e. The highest BCUT2D eigenvalue weighted by atomic mass is 35.5. The first-order chi connectivity index (χ1) is 5.07. The zero-order chi connectivity index (χ0) is 8.85. The highest BCUT2D eigenvalue weighted by Crippen LogP contribution is 2.20. The van der Waals surface area contributed by atoms with Crippen molar-refractivity contribution in [1.29, 1.82) is 0 Å². The third-order valence-corrected chi connectivity index (χ3v) is 2.46. The Labute approximate surface area is 83.5 Å². The molecule has 2 N–H and O–H groups in total. The molecule has 0 heterocycles. The predicted octanol–water partition coefficient (Wildman–Crippen LogP) is 3.22. The van der Waals surface area contributed by atoms with Gasteiger partial charge in [0, 0.05) is 6.04 Å². The van der Waals surface area contributed by atoms with Crippen LogP contribution in [0.1, 0.15) is 47.0 Å². The van der Waals surface area contributed by atoms with Gasteiger partial charge in [-0.05, 0) is 31.6 Å². The number of halogens is 1. The average molecular weight is 194 g/mol. The quantitative estimate of drug-likeness (QED) is 0.713. The van der Waals surface area contributed by atoms with E-state index in [-0.39, 0.29) is 12.4 Å². The molecule has 0 rings (SSSR count). The first kappa shape index (κ1) is 14.8. The molecule has 0 saturated carbocycles. The van der Waals surface area contributed by atoms with E-state index in [0.717, 1.165) is 11.8 Å². The Morgan fingerprint density at radius 2 is 1.58 bits per heavy atom. The largest absolute Gasteiger partial charge is 0.328 e. The molecule has 0 aromatic rings. The fourth-order valence-electron chi connectivity index (χ4n) is 1.49. The number of nitrogens with two attached hydrogens (primary N) is 1. The van der Waals surface area contributed by atoms with Crippen molar-refractivity contribution in [3.05, 3.63) is 0 Å². The summed E-state index contributed by atoms with van der Waals surface area (Å²) < 4.78 is 0. The van der Waals surface area contributed by atoms with Crippen molar-refractivity contribution >= 4 is 12.4 Å². The number of hydrogen-bond donors (Lipinski definition) is 1. The second kappa shape index (κ2) is 7.88. The molecule has 76 valence electrons. The van der Waals surface area contributed by atoms with Gasteiger partial charge in [0.1, 0.15) is 0 Å².